The Balaban J connectivity index is 1.54. The molecule has 0 aliphatic rings. The van der Waals surface area contributed by atoms with Gasteiger partial charge in [0.15, 0.2) is 5.82 Å². The average molecular weight is 367 g/mol. The molecule has 1 aromatic carbocycles. The van der Waals surface area contributed by atoms with E-state index in [2.05, 4.69) is 25.7 Å². The molecule has 27 heavy (non-hydrogen) atoms. The summed E-state index contributed by atoms with van der Waals surface area (Å²) >= 11 is 0. The molecule has 0 aliphatic heterocycles. The van der Waals surface area contributed by atoms with E-state index in [9.17, 15) is 19.7 Å². The minimum absolute atomic E-state index is 0.0934. The van der Waals surface area contributed by atoms with Crippen LogP contribution >= 0.6 is 0 Å². The molecule has 0 saturated heterocycles. The fraction of sp³-hybridized carbons (Fsp3) is 0.0625. The molecule has 0 saturated carbocycles. The van der Waals surface area contributed by atoms with Crippen LogP contribution in [-0.4, -0.2) is 43.0 Å². The SMILES string of the molecule is O=C(CNC(=O)c1cccc([N+](=O)[O-])c1)Nc1ccc(-n2cncn2)nc1. The Kier molecular flexibility index (Phi) is 5.12. The molecule has 11 heteroatoms. The number of benzene rings is 1. The first-order chi connectivity index (χ1) is 13.0. The number of nitro benzene ring substituents is 1. The number of carbonyl (C=O) groups is 2. The Bertz CT molecular complexity index is 971. The van der Waals surface area contributed by atoms with Crippen LogP contribution < -0.4 is 10.6 Å². The van der Waals surface area contributed by atoms with Gasteiger partial charge in [-0.3, -0.25) is 19.7 Å². The summed E-state index contributed by atoms with van der Waals surface area (Å²) in [5, 5.41) is 19.7. The second kappa shape index (κ2) is 7.82. The quantitative estimate of drug-likeness (QED) is 0.487. The summed E-state index contributed by atoms with van der Waals surface area (Å²) in [6.07, 6.45) is 4.31. The molecular formula is C16H13N7O4. The third-order valence-corrected chi connectivity index (χ3v) is 3.41. The molecule has 0 fully saturated rings. The molecule has 3 rings (SSSR count). The van der Waals surface area contributed by atoms with Crippen molar-refractivity contribution in [3.8, 4) is 5.82 Å². The summed E-state index contributed by atoms with van der Waals surface area (Å²) < 4.78 is 1.46. The zero-order chi connectivity index (χ0) is 19.2. The number of nitrogens with zero attached hydrogens (tertiary/aromatic N) is 5. The third-order valence-electron chi connectivity index (χ3n) is 3.41. The predicted octanol–water partition coefficient (Wildman–Crippen LogP) is 0.939. The van der Waals surface area contributed by atoms with E-state index < -0.39 is 16.7 Å². The lowest BCUT2D eigenvalue weighted by molar-refractivity contribution is -0.384. The Labute approximate surface area is 152 Å². The number of aromatic nitrogens is 4. The minimum Gasteiger partial charge on any atom is -0.343 e. The van der Waals surface area contributed by atoms with Crippen LogP contribution in [-0.2, 0) is 4.79 Å². The molecular weight excluding hydrogens is 354 g/mol. The summed E-state index contributed by atoms with van der Waals surface area (Å²) in [4.78, 5) is 42.1. The van der Waals surface area contributed by atoms with Crippen LogP contribution in [0.3, 0.4) is 0 Å². The fourth-order valence-corrected chi connectivity index (χ4v) is 2.15. The van der Waals surface area contributed by atoms with Gasteiger partial charge in [-0.2, -0.15) is 5.10 Å². The molecule has 2 heterocycles. The number of anilines is 1. The van der Waals surface area contributed by atoms with E-state index in [1.807, 2.05) is 0 Å². The number of non-ortho nitro benzene ring substituents is 1. The molecule has 0 bridgehead atoms. The Morgan fingerprint density at radius 2 is 2.07 bits per heavy atom. The monoisotopic (exact) mass is 367 g/mol. The maximum atomic E-state index is 12.0. The van der Waals surface area contributed by atoms with Crippen LogP contribution in [0.5, 0.6) is 0 Å². The maximum absolute atomic E-state index is 12.0. The zero-order valence-electron chi connectivity index (χ0n) is 13.8. The summed E-state index contributed by atoms with van der Waals surface area (Å²) in [6.45, 7) is -0.299. The van der Waals surface area contributed by atoms with Crippen LogP contribution in [0.25, 0.3) is 5.82 Å². The lowest BCUT2D eigenvalue weighted by Crippen LogP contribution is -2.32. The highest BCUT2D eigenvalue weighted by atomic mass is 16.6. The molecule has 0 unspecified atom stereocenters. The molecule has 2 amide bonds. The fourth-order valence-electron chi connectivity index (χ4n) is 2.15. The number of hydrogen-bond acceptors (Lipinski definition) is 7. The minimum atomic E-state index is -0.598. The van der Waals surface area contributed by atoms with E-state index in [0.717, 1.165) is 6.07 Å². The predicted molar refractivity (Wildman–Crippen MR) is 93.2 cm³/mol. The molecule has 2 N–H and O–H groups in total. The van der Waals surface area contributed by atoms with Gasteiger partial charge in [0, 0.05) is 17.7 Å². The Hall–Kier alpha value is -4.15. The van der Waals surface area contributed by atoms with Gasteiger partial charge >= 0.3 is 0 Å². The highest BCUT2D eigenvalue weighted by Crippen LogP contribution is 2.13. The second-order valence-electron chi connectivity index (χ2n) is 5.28. The molecule has 0 atom stereocenters. The number of hydrogen-bond donors (Lipinski definition) is 2. The van der Waals surface area contributed by atoms with Crippen LogP contribution in [0.4, 0.5) is 11.4 Å². The van der Waals surface area contributed by atoms with Gasteiger partial charge < -0.3 is 10.6 Å². The van der Waals surface area contributed by atoms with Gasteiger partial charge in [-0.05, 0) is 18.2 Å². The first-order valence-electron chi connectivity index (χ1n) is 7.66. The average Bonchev–Trinajstić information content (AvgIpc) is 3.21. The van der Waals surface area contributed by atoms with E-state index in [-0.39, 0.29) is 17.8 Å². The lowest BCUT2D eigenvalue weighted by atomic mass is 10.2. The molecule has 3 aromatic rings. The van der Waals surface area contributed by atoms with Crippen LogP contribution in [0, 0.1) is 10.1 Å². The van der Waals surface area contributed by atoms with Crippen molar-refractivity contribution in [3.63, 3.8) is 0 Å². The summed E-state index contributed by atoms with van der Waals surface area (Å²) in [5.41, 5.74) is 0.329. The number of amides is 2. The van der Waals surface area contributed by atoms with Crippen molar-refractivity contribution in [3.05, 3.63) is 70.9 Å². The van der Waals surface area contributed by atoms with E-state index in [1.54, 1.807) is 12.1 Å². The molecule has 0 aliphatic carbocycles. The van der Waals surface area contributed by atoms with Gasteiger partial charge in [0.25, 0.3) is 11.6 Å². The molecule has 0 spiro atoms. The second-order valence-corrected chi connectivity index (χ2v) is 5.28. The summed E-state index contributed by atoms with van der Waals surface area (Å²) in [5.74, 6) is -0.526. The Morgan fingerprint density at radius 1 is 1.22 bits per heavy atom. The molecule has 11 nitrogen and oxygen atoms in total. The van der Waals surface area contributed by atoms with E-state index in [4.69, 9.17) is 0 Å². The summed E-state index contributed by atoms with van der Waals surface area (Å²) in [7, 11) is 0. The Morgan fingerprint density at radius 3 is 2.74 bits per heavy atom. The van der Waals surface area contributed by atoms with Crippen LogP contribution in [0.2, 0.25) is 0 Å². The van der Waals surface area contributed by atoms with Crippen molar-refractivity contribution in [2.24, 2.45) is 0 Å². The van der Waals surface area contributed by atoms with E-state index in [1.165, 1.54) is 41.7 Å². The van der Waals surface area contributed by atoms with E-state index in [0.29, 0.717) is 11.5 Å². The third kappa shape index (κ3) is 4.48. The largest absolute Gasteiger partial charge is 0.343 e. The molecule has 2 aromatic heterocycles. The number of carbonyl (C=O) groups excluding carboxylic acids is 2. The van der Waals surface area contributed by atoms with Crippen molar-refractivity contribution < 1.29 is 14.5 Å². The first kappa shape index (κ1) is 17.7. The van der Waals surface area contributed by atoms with Gasteiger partial charge in [-0.1, -0.05) is 6.07 Å². The van der Waals surface area contributed by atoms with Gasteiger partial charge in [-0.15, -0.1) is 0 Å². The van der Waals surface area contributed by atoms with Gasteiger partial charge in [0.2, 0.25) is 5.91 Å². The number of pyridine rings is 1. The zero-order valence-corrected chi connectivity index (χ0v) is 13.8. The van der Waals surface area contributed by atoms with Crippen molar-refractivity contribution >= 4 is 23.2 Å². The topological polar surface area (TPSA) is 145 Å². The standard InChI is InChI=1S/C16H13N7O4/c24-15(8-19-16(25)11-2-1-3-13(6-11)23(26)27)21-12-4-5-14(18-7-12)22-10-17-9-20-22/h1-7,9-10H,8H2,(H,19,25)(H,21,24). The first-order valence-corrected chi connectivity index (χ1v) is 7.66. The van der Waals surface area contributed by atoms with Gasteiger partial charge in [-0.25, -0.2) is 14.6 Å². The number of nitrogens with one attached hydrogen (secondary N) is 2. The highest BCUT2D eigenvalue weighted by Gasteiger charge is 2.12. The normalized spacial score (nSPS) is 10.2. The van der Waals surface area contributed by atoms with Crippen molar-refractivity contribution in [2.75, 3.05) is 11.9 Å². The highest BCUT2D eigenvalue weighted by molar-refractivity contribution is 5.99. The smallest absolute Gasteiger partial charge is 0.270 e. The van der Waals surface area contributed by atoms with Gasteiger partial charge in [0.1, 0.15) is 12.7 Å². The van der Waals surface area contributed by atoms with Gasteiger partial charge in [0.05, 0.1) is 23.4 Å². The molecule has 0 radical (unpaired) electrons. The molecule has 136 valence electrons. The maximum Gasteiger partial charge on any atom is 0.270 e. The number of rotatable bonds is 6. The summed E-state index contributed by atoms with van der Waals surface area (Å²) in [6, 6.07) is 8.51. The van der Waals surface area contributed by atoms with Crippen molar-refractivity contribution in [1.82, 2.24) is 25.1 Å². The lowest BCUT2D eigenvalue weighted by Gasteiger charge is -2.07. The van der Waals surface area contributed by atoms with Crippen molar-refractivity contribution in [2.45, 2.75) is 0 Å². The van der Waals surface area contributed by atoms with Crippen LogP contribution in [0.15, 0.2) is 55.2 Å². The van der Waals surface area contributed by atoms with Crippen LogP contribution in [0.1, 0.15) is 10.4 Å². The number of nitro groups is 1. The van der Waals surface area contributed by atoms with Crippen molar-refractivity contribution in [1.29, 1.82) is 0 Å². The van der Waals surface area contributed by atoms with E-state index >= 15 is 0 Å².